The van der Waals surface area contributed by atoms with Crippen molar-refractivity contribution in [3.05, 3.63) is 29.6 Å². The molecule has 0 aromatic heterocycles. The van der Waals surface area contributed by atoms with E-state index < -0.39 is 32.4 Å². The van der Waals surface area contributed by atoms with Crippen LogP contribution < -0.4 is 5.32 Å². The van der Waals surface area contributed by atoms with Crippen LogP contribution >= 0.6 is 0 Å². The van der Waals surface area contributed by atoms with Gasteiger partial charge in [-0.2, -0.15) is 4.31 Å². The molecule has 1 aliphatic carbocycles. The maximum atomic E-state index is 13.7. The largest absolute Gasteiger partial charge is 0.314 e. The highest BCUT2D eigenvalue weighted by Crippen LogP contribution is 2.29. The molecule has 0 spiro atoms. The molecule has 0 amide bonds. The smallest absolute Gasteiger partial charge is 0.246 e. The normalized spacial score (nSPS) is 20.8. The van der Waals surface area contributed by atoms with Gasteiger partial charge < -0.3 is 5.32 Å². The van der Waals surface area contributed by atoms with E-state index in [-0.39, 0.29) is 25.2 Å². The number of hydrogen-bond acceptors (Lipinski definition) is 3. The highest BCUT2D eigenvalue weighted by molar-refractivity contribution is 7.89. The number of hydrogen-bond donors (Lipinski definition) is 1. The Morgan fingerprint density at radius 2 is 1.61 bits per heavy atom. The molecule has 2 fully saturated rings. The SMILES string of the molecule is O=S(=O)(c1cc(F)c(F)cc1F)N1CCC(NCC2CC2)CC1. The molecule has 0 unspecified atom stereocenters. The van der Waals surface area contributed by atoms with Crippen molar-refractivity contribution in [1.82, 2.24) is 9.62 Å². The van der Waals surface area contributed by atoms with Crippen molar-refractivity contribution in [3.63, 3.8) is 0 Å². The number of sulfonamides is 1. The van der Waals surface area contributed by atoms with Crippen molar-refractivity contribution >= 4 is 10.0 Å². The predicted octanol–water partition coefficient (Wildman–Crippen LogP) is 2.26. The van der Waals surface area contributed by atoms with Gasteiger partial charge in [0.05, 0.1) is 0 Å². The average Bonchev–Trinajstić information content (AvgIpc) is 3.33. The molecular weight excluding hydrogens is 329 g/mol. The molecule has 128 valence electrons. The summed E-state index contributed by atoms with van der Waals surface area (Å²) in [6, 6.07) is 0.931. The molecule has 2 aliphatic rings. The van der Waals surface area contributed by atoms with E-state index in [0.29, 0.717) is 18.9 Å². The van der Waals surface area contributed by atoms with Gasteiger partial charge in [-0.3, -0.25) is 0 Å². The Labute approximate surface area is 133 Å². The predicted molar refractivity (Wildman–Crippen MR) is 78.8 cm³/mol. The molecule has 4 nitrogen and oxygen atoms in total. The van der Waals surface area contributed by atoms with E-state index in [9.17, 15) is 21.6 Å². The number of benzene rings is 1. The van der Waals surface area contributed by atoms with Crippen LogP contribution in [0, 0.1) is 23.4 Å². The molecule has 0 atom stereocenters. The van der Waals surface area contributed by atoms with Gasteiger partial charge in [0.25, 0.3) is 0 Å². The highest BCUT2D eigenvalue weighted by atomic mass is 32.2. The lowest BCUT2D eigenvalue weighted by molar-refractivity contribution is 0.287. The molecule has 3 rings (SSSR count). The van der Waals surface area contributed by atoms with E-state index in [2.05, 4.69) is 5.32 Å². The van der Waals surface area contributed by atoms with E-state index in [4.69, 9.17) is 0 Å². The van der Waals surface area contributed by atoms with Gasteiger partial charge >= 0.3 is 0 Å². The Morgan fingerprint density at radius 1 is 1.00 bits per heavy atom. The van der Waals surface area contributed by atoms with Crippen molar-refractivity contribution in [3.8, 4) is 0 Å². The fourth-order valence-electron chi connectivity index (χ4n) is 2.80. The lowest BCUT2D eigenvalue weighted by atomic mass is 10.1. The van der Waals surface area contributed by atoms with Gasteiger partial charge in [0, 0.05) is 25.2 Å². The summed E-state index contributed by atoms with van der Waals surface area (Å²) in [6.45, 7) is 1.43. The van der Waals surface area contributed by atoms with Gasteiger partial charge in [-0.1, -0.05) is 0 Å². The summed E-state index contributed by atoms with van der Waals surface area (Å²) in [5.41, 5.74) is 0. The minimum absolute atomic E-state index is 0.239. The second-order valence-corrected chi connectivity index (χ2v) is 8.13. The summed E-state index contributed by atoms with van der Waals surface area (Å²) >= 11 is 0. The zero-order valence-corrected chi connectivity index (χ0v) is 13.4. The highest BCUT2D eigenvalue weighted by Gasteiger charge is 2.32. The third-order valence-electron chi connectivity index (χ3n) is 4.44. The molecule has 8 heteroatoms. The molecule has 1 saturated carbocycles. The summed E-state index contributed by atoms with van der Waals surface area (Å²) in [5, 5.41) is 3.42. The van der Waals surface area contributed by atoms with Crippen LogP contribution in [0.3, 0.4) is 0 Å². The van der Waals surface area contributed by atoms with E-state index in [1.807, 2.05) is 0 Å². The summed E-state index contributed by atoms with van der Waals surface area (Å²) in [5.74, 6) is -3.29. The fourth-order valence-corrected chi connectivity index (χ4v) is 4.32. The zero-order valence-electron chi connectivity index (χ0n) is 12.6. The van der Waals surface area contributed by atoms with E-state index in [1.165, 1.54) is 12.8 Å². The van der Waals surface area contributed by atoms with Crippen LogP contribution in [0.1, 0.15) is 25.7 Å². The molecule has 1 aromatic rings. The first kappa shape index (κ1) is 16.7. The van der Waals surface area contributed by atoms with Crippen molar-refractivity contribution in [2.75, 3.05) is 19.6 Å². The standard InChI is InChI=1S/C15H19F3N2O2S/c16-12-7-14(18)15(8-13(12)17)23(21,22)20-5-3-11(4-6-20)19-9-10-1-2-10/h7-8,10-11,19H,1-6,9H2. The maximum Gasteiger partial charge on any atom is 0.246 e. The molecular formula is C15H19F3N2O2S. The topological polar surface area (TPSA) is 49.4 Å². The minimum atomic E-state index is -4.15. The third-order valence-corrected chi connectivity index (χ3v) is 6.35. The molecule has 1 aliphatic heterocycles. The van der Waals surface area contributed by atoms with Gasteiger partial charge in [0.15, 0.2) is 11.6 Å². The molecule has 1 saturated heterocycles. The van der Waals surface area contributed by atoms with Gasteiger partial charge in [-0.05, 0) is 44.2 Å². The van der Waals surface area contributed by atoms with Crippen LogP contribution in [-0.2, 0) is 10.0 Å². The summed E-state index contributed by atoms with van der Waals surface area (Å²) in [6.07, 6.45) is 3.74. The Kier molecular flexibility index (Phi) is 4.66. The van der Waals surface area contributed by atoms with Gasteiger partial charge in [0.2, 0.25) is 10.0 Å². The van der Waals surface area contributed by atoms with Gasteiger partial charge in [0.1, 0.15) is 10.7 Å². The van der Waals surface area contributed by atoms with Crippen LogP contribution in [-0.4, -0.2) is 38.4 Å². The zero-order chi connectivity index (χ0) is 16.6. The second-order valence-electron chi connectivity index (χ2n) is 6.23. The molecule has 1 heterocycles. The Balaban J connectivity index is 1.67. The van der Waals surface area contributed by atoms with Crippen molar-refractivity contribution < 1.29 is 21.6 Å². The molecule has 1 aromatic carbocycles. The number of nitrogens with zero attached hydrogens (tertiary/aromatic N) is 1. The van der Waals surface area contributed by atoms with E-state index in [1.54, 1.807) is 0 Å². The minimum Gasteiger partial charge on any atom is -0.314 e. The van der Waals surface area contributed by atoms with E-state index >= 15 is 0 Å². The fraction of sp³-hybridized carbons (Fsp3) is 0.600. The summed E-state index contributed by atoms with van der Waals surface area (Å²) < 4.78 is 66.0. The lowest BCUT2D eigenvalue weighted by Gasteiger charge is -2.31. The number of rotatable bonds is 5. The first-order chi connectivity index (χ1) is 10.9. The molecule has 23 heavy (non-hydrogen) atoms. The number of nitrogens with one attached hydrogen (secondary N) is 1. The average molecular weight is 348 g/mol. The van der Waals surface area contributed by atoms with E-state index in [0.717, 1.165) is 16.8 Å². The van der Waals surface area contributed by atoms with Crippen molar-refractivity contribution in [2.24, 2.45) is 5.92 Å². The number of halogens is 3. The van der Waals surface area contributed by atoms with Crippen molar-refractivity contribution in [1.29, 1.82) is 0 Å². The first-order valence-electron chi connectivity index (χ1n) is 7.76. The Morgan fingerprint density at radius 3 is 2.22 bits per heavy atom. The first-order valence-corrected chi connectivity index (χ1v) is 9.20. The molecule has 0 radical (unpaired) electrons. The second kappa shape index (κ2) is 6.41. The summed E-state index contributed by atoms with van der Waals surface area (Å²) in [4.78, 5) is -0.805. The Hall–Kier alpha value is -1.12. The van der Waals surface area contributed by atoms with Crippen LogP contribution in [0.2, 0.25) is 0 Å². The third kappa shape index (κ3) is 3.70. The Bertz CT molecular complexity index is 684. The van der Waals surface area contributed by atoms with Crippen LogP contribution in [0.5, 0.6) is 0 Å². The molecule has 1 N–H and O–H groups in total. The van der Waals surface area contributed by atoms with Gasteiger partial charge in [-0.15, -0.1) is 0 Å². The summed E-state index contributed by atoms with van der Waals surface area (Å²) in [7, 11) is -4.15. The quantitative estimate of drug-likeness (QED) is 0.831. The maximum absolute atomic E-state index is 13.7. The van der Waals surface area contributed by atoms with Crippen LogP contribution in [0.4, 0.5) is 13.2 Å². The molecule has 0 bridgehead atoms. The van der Waals surface area contributed by atoms with Crippen LogP contribution in [0.15, 0.2) is 17.0 Å². The van der Waals surface area contributed by atoms with Crippen molar-refractivity contribution in [2.45, 2.75) is 36.6 Å². The van der Waals surface area contributed by atoms with Gasteiger partial charge in [-0.25, -0.2) is 21.6 Å². The lowest BCUT2D eigenvalue weighted by Crippen LogP contribution is -2.45. The monoisotopic (exact) mass is 348 g/mol. The number of piperidine rings is 1. The van der Waals surface area contributed by atoms with Crippen LogP contribution in [0.25, 0.3) is 0 Å².